The molecule has 0 spiro atoms. The van der Waals surface area contributed by atoms with Crippen molar-refractivity contribution in [1.29, 1.82) is 0 Å². The second-order valence-electron chi connectivity index (χ2n) is 6.69. The summed E-state index contributed by atoms with van der Waals surface area (Å²) in [6.07, 6.45) is 9.91. The van der Waals surface area contributed by atoms with Crippen LogP contribution in [0.2, 0.25) is 0 Å². The summed E-state index contributed by atoms with van der Waals surface area (Å²) in [6, 6.07) is 3.90. The molecule has 2 heteroatoms. The lowest BCUT2D eigenvalue weighted by atomic mass is 9.86. The highest BCUT2D eigenvalue weighted by Crippen LogP contribution is 2.34. The average Bonchev–Trinajstić information content (AvgIpc) is 2.47. The van der Waals surface area contributed by atoms with Crippen molar-refractivity contribution in [1.82, 2.24) is 0 Å². The van der Waals surface area contributed by atoms with Gasteiger partial charge in [0.1, 0.15) is 11.5 Å². The summed E-state index contributed by atoms with van der Waals surface area (Å²) in [4.78, 5) is 0. The van der Waals surface area contributed by atoms with Gasteiger partial charge in [-0.3, -0.25) is 0 Å². The van der Waals surface area contributed by atoms with Crippen molar-refractivity contribution in [3.8, 4) is 11.5 Å². The van der Waals surface area contributed by atoms with Crippen molar-refractivity contribution >= 4 is 6.08 Å². The van der Waals surface area contributed by atoms with E-state index in [-0.39, 0.29) is 0 Å². The number of phenols is 1. The molecule has 1 aromatic rings. The maximum Gasteiger partial charge on any atom is 0.126 e. The van der Waals surface area contributed by atoms with Gasteiger partial charge < -0.3 is 9.84 Å². The van der Waals surface area contributed by atoms with Gasteiger partial charge in [0.25, 0.3) is 0 Å². The molecular formula is C20H28O2. The molecule has 0 atom stereocenters. The lowest BCUT2D eigenvalue weighted by Gasteiger charge is -2.20. The molecule has 0 heterocycles. The van der Waals surface area contributed by atoms with E-state index >= 15 is 0 Å². The van der Waals surface area contributed by atoms with Gasteiger partial charge in [0.05, 0.1) is 7.11 Å². The highest BCUT2D eigenvalue weighted by Gasteiger charge is 2.14. The first-order valence-corrected chi connectivity index (χ1v) is 8.22. The van der Waals surface area contributed by atoms with Crippen LogP contribution in [0.3, 0.4) is 0 Å². The summed E-state index contributed by atoms with van der Waals surface area (Å²) in [6.45, 7) is 6.45. The Labute approximate surface area is 134 Å². The number of allylic oxidation sites excluding steroid dienone is 3. The molecule has 22 heavy (non-hydrogen) atoms. The summed E-state index contributed by atoms with van der Waals surface area (Å²) in [5.74, 6) is 1.94. The van der Waals surface area contributed by atoms with Gasteiger partial charge in [-0.05, 0) is 69.6 Å². The average molecular weight is 300 g/mol. The number of benzene rings is 1. The van der Waals surface area contributed by atoms with Gasteiger partial charge in [0.15, 0.2) is 0 Å². The number of ether oxygens (including phenoxy) is 1. The van der Waals surface area contributed by atoms with Gasteiger partial charge in [-0.15, -0.1) is 0 Å². The summed E-state index contributed by atoms with van der Waals surface area (Å²) in [7, 11) is 1.67. The standard InChI is InChI=1S/C20H28O2/c1-14(2)5-10-18-19(21)12-17(13-20(18)22-4)11-16-8-6-15(3)7-9-16/h5,11-13,15,21H,6-10H2,1-4H3. The second kappa shape index (κ2) is 7.53. The van der Waals surface area contributed by atoms with Crippen molar-refractivity contribution in [2.24, 2.45) is 5.92 Å². The molecule has 2 nitrogen and oxygen atoms in total. The van der Waals surface area contributed by atoms with E-state index in [1.165, 1.54) is 36.8 Å². The fourth-order valence-electron chi connectivity index (χ4n) is 2.94. The first-order valence-electron chi connectivity index (χ1n) is 8.22. The van der Waals surface area contributed by atoms with Crippen LogP contribution < -0.4 is 4.74 Å². The fraction of sp³-hybridized carbons (Fsp3) is 0.500. The minimum absolute atomic E-state index is 0.327. The largest absolute Gasteiger partial charge is 0.507 e. The molecule has 1 N–H and O–H groups in total. The molecule has 0 radical (unpaired) electrons. The number of rotatable bonds is 4. The maximum atomic E-state index is 10.3. The number of hydrogen-bond acceptors (Lipinski definition) is 2. The Kier molecular flexibility index (Phi) is 5.70. The van der Waals surface area contributed by atoms with Crippen LogP contribution >= 0.6 is 0 Å². The monoisotopic (exact) mass is 300 g/mol. The van der Waals surface area contributed by atoms with E-state index in [4.69, 9.17) is 4.74 Å². The third kappa shape index (κ3) is 4.40. The van der Waals surface area contributed by atoms with Crippen LogP contribution in [0.25, 0.3) is 6.08 Å². The van der Waals surface area contributed by atoms with Gasteiger partial charge in [0, 0.05) is 5.56 Å². The molecule has 1 saturated carbocycles. The van der Waals surface area contributed by atoms with Crippen molar-refractivity contribution in [2.45, 2.75) is 52.9 Å². The Morgan fingerprint density at radius 3 is 2.55 bits per heavy atom. The van der Waals surface area contributed by atoms with Crippen LogP contribution in [0.15, 0.2) is 29.4 Å². The summed E-state index contributed by atoms with van der Waals surface area (Å²) in [5.41, 5.74) is 4.63. The van der Waals surface area contributed by atoms with E-state index in [9.17, 15) is 5.11 Å². The third-order valence-electron chi connectivity index (χ3n) is 4.43. The Hall–Kier alpha value is -1.70. The molecule has 0 amide bonds. The van der Waals surface area contributed by atoms with E-state index in [1.807, 2.05) is 12.1 Å². The molecule has 1 aromatic carbocycles. The lowest BCUT2D eigenvalue weighted by Crippen LogP contribution is -2.03. The highest BCUT2D eigenvalue weighted by molar-refractivity contribution is 5.61. The minimum atomic E-state index is 0.327. The van der Waals surface area contributed by atoms with Crippen LogP contribution in [0.1, 0.15) is 57.6 Å². The van der Waals surface area contributed by atoms with Crippen molar-refractivity contribution in [3.63, 3.8) is 0 Å². The maximum absolute atomic E-state index is 10.3. The Balaban J connectivity index is 2.25. The molecule has 2 rings (SSSR count). The van der Waals surface area contributed by atoms with Gasteiger partial charge >= 0.3 is 0 Å². The van der Waals surface area contributed by atoms with Crippen molar-refractivity contribution < 1.29 is 9.84 Å². The summed E-state index contributed by atoms with van der Waals surface area (Å²) < 4.78 is 5.49. The van der Waals surface area contributed by atoms with Crippen LogP contribution in [0, 0.1) is 5.92 Å². The number of methoxy groups -OCH3 is 1. The van der Waals surface area contributed by atoms with Crippen LogP contribution in [0.5, 0.6) is 11.5 Å². The first-order chi connectivity index (χ1) is 10.5. The molecular weight excluding hydrogens is 272 g/mol. The molecule has 0 aliphatic heterocycles. The molecule has 1 aliphatic rings. The smallest absolute Gasteiger partial charge is 0.126 e. The van der Waals surface area contributed by atoms with Crippen molar-refractivity contribution in [2.75, 3.05) is 7.11 Å². The zero-order chi connectivity index (χ0) is 16.1. The predicted octanol–water partition coefficient (Wildman–Crippen LogP) is 5.50. The quantitative estimate of drug-likeness (QED) is 0.744. The molecule has 0 bridgehead atoms. The summed E-state index contributed by atoms with van der Waals surface area (Å²) >= 11 is 0. The minimum Gasteiger partial charge on any atom is -0.507 e. The Morgan fingerprint density at radius 1 is 1.27 bits per heavy atom. The topological polar surface area (TPSA) is 29.5 Å². The molecule has 1 aliphatic carbocycles. The predicted molar refractivity (Wildman–Crippen MR) is 93.4 cm³/mol. The number of aromatic hydroxyl groups is 1. The number of phenolic OH excluding ortho intramolecular Hbond substituents is 1. The fourth-order valence-corrected chi connectivity index (χ4v) is 2.94. The number of hydrogen-bond donors (Lipinski definition) is 1. The van der Waals surface area contributed by atoms with E-state index in [0.717, 1.165) is 22.8 Å². The lowest BCUT2D eigenvalue weighted by molar-refractivity contribution is 0.401. The first kappa shape index (κ1) is 16.7. The van der Waals surface area contributed by atoms with Gasteiger partial charge in [-0.2, -0.15) is 0 Å². The molecule has 120 valence electrons. The van der Waals surface area contributed by atoms with Crippen LogP contribution in [0.4, 0.5) is 0 Å². The normalized spacial score (nSPS) is 18.0. The SMILES string of the molecule is COc1cc(C=C2CCC(C)CC2)cc(O)c1CC=C(C)C. The Bertz CT molecular complexity index is 568. The van der Waals surface area contributed by atoms with Crippen molar-refractivity contribution in [3.05, 3.63) is 40.5 Å². The van der Waals surface area contributed by atoms with E-state index in [0.29, 0.717) is 12.2 Å². The second-order valence-corrected chi connectivity index (χ2v) is 6.69. The highest BCUT2D eigenvalue weighted by atomic mass is 16.5. The van der Waals surface area contributed by atoms with Crippen LogP contribution in [-0.2, 0) is 6.42 Å². The zero-order valence-corrected chi connectivity index (χ0v) is 14.3. The molecule has 1 fully saturated rings. The van der Waals surface area contributed by atoms with E-state index < -0.39 is 0 Å². The molecule has 0 saturated heterocycles. The summed E-state index contributed by atoms with van der Waals surface area (Å²) in [5, 5.41) is 10.3. The van der Waals surface area contributed by atoms with Gasteiger partial charge in [0.2, 0.25) is 0 Å². The third-order valence-corrected chi connectivity index (χ3v) is 4.43. The van der Waals surface area contributed by atoms with Gasteiger partial charge in [-0.1, -0.05) is 30.2 Å². The van der Waals surface area contributed by atoms with E-state index in [1.54, 1.807) is 7.11 Å². The zero-order valence-electron chi connectivity index (χ0n) is 14.3. The van der Waals surface area contributed by atoms with E-state index in [2.05, 4.69) is 32.9 Å². The Morgan fingerprint density at radius 2 is 1.95 bits per heavy atom. The molecule has 0 aromatic heterocycles. The van der Waals surface area contributed by atoms with Gasteiger partial charge in [-0.25, -0.2) is 0 Å². The van der Waals surface area contributed by atoms with Crippen LogP contribution in [-0.4, -0.2) is 12.2 Å². The molecule has 0 unspecified atom stereocenters.